The fraction of sp³-hybridized carbons (Fsp3) is 0.312. The fourth-order valence-electron chi connectivity index (χ4n) is 2.30. The van der Waals surface area contributed by atoms with Crippen LogP contribution in [0.15, 0.2) is 35.3 Å². The molecular weight excluding hydrogens is 395 g/mol. The van der Waals surface area contributed by atoms with Crippen molar-refractivity contribution in [2.45, 2.75) is 11.9 Å². The van der Waals surface area contributed by atoms with Gasteiger partial charge < -0.3 is 9.30 Å². The summed E-state index contributed by atoms with van der Waals surface area (Å²) in [4.78, 5) is 11.7. The molecule has 5 nitrogen and oxygen atoms in total. The lowest BCUT2D eigenvalue weighted by Gasteiger charge is -2.15. The predicted octanol–water partition coefficient (Wildman–Crippen LogP) is 3.19. The van der Waals surface area contributed by atoms with Gasteiger partial charge in [-0.25, -0.2) is 8.42 Å². The predicted molar refractivity (Wildman–Crippen MR) is 92.2 cm³/mol. The van der Waals surface area contributed by atoms with Crippen LogP contribution in [-0.2, 0) is 22.6 Å². The summed E-state index contributed by atoms with van der Waals surface area (Å²) in [6.45, 7) is -1.51. The minimum absolute atomic E-state index is 0.103. The van der Waals surface area contributed by atoms with Crippen LogP contribution in [0.25, 0.3) is 11.1 Å². The molecule has 142 valence electrons. The minimum Gasteiger partial charge on any atom is -0.483 e. The average molecular weight is 410 g/mol. The number of aryl methyl sites for hydroxylation is 1. The monoisotopic (exact) mass is 409 g/mol. The van der Waals surface area contributed by atoms with Crippen LogP contribution in [0.5, 0.6) is 5.75 Å². The van der Waals surface area contributed by atoms with Crippen LogP contribution < -0.4 is 10.3 Å². The van der Waals surface area contributed by atoms with E-state index in [2.05, 4.69) is 0 Å². The summed E-state index contributed by atoms with van der Waals surface area (Å²) in [5.74, 6) is -0.395. The molecule has 0 atom stereocenters. The van der Waals surface area contributed by atoms with Crippen molar-refractivity contribution in [1.82, 2.24) is 4.57 Å². The molecule has 1 aromatic heterocycles. The third kappa shape index (κ3) is 5.50. The topological polar surface area (TPSA) is 65.4 Å². The molecule has 0 radical (unpaired) electrons. The fourth-order valence-corrected chi connectivity index (χ4v) is 3.34. The van der Waals surface area contributed by atoms with Gasteiger partial charge in [-0.1, -0.05) is 17.7 Å². The first-order valence-electron chi connectivity index (χ1n) is 7.22. The van der Waals surface area contributed by atoms with Gasteiger partial charge in [0, 0.05) is 30.6 Å². The molecule has 1 heterocycles. The molecule has 0 unspecified atom stereocenters. The highest BCUT2D eigenvalue weighted by Gasteiger charge is 2.29. The second-order valence-electron chi connectivity index (χ2n) is 5.80. The zero-order valence-corrected chi connectivity index (χ0v) is 15.4. The number of hydrogen-bond acceptors (Lipinski definition) is 4. The van der Waals surface area contributed by atoms with Gasteiger partial charge >= 0.3 is 6.18 Å². The highest BCUT2D eigenvalue weighted by atomic mass is 35.5. The van der Waals surface area contributed by atoms with Crippen molar-refractivity contribution in [2.75, 3.05) is 12.9 Å². The third-order valence-corrected chi connectivity index (χ3v) is 4.44. The Balaban J connectivity index is 2.57. The Morgan fingerprint density at radius 3 is 2.42 bits per heavy atom. The van der Waals surface area contributed by atoms with Crippen LogP contribution in [0.2, 0.25) is 5.02 Å². The molecule has 1 aromatic carbocycles. The Hall–Kier alpha value is -2.00. The first-order valence-corrected chi connectivity index (χ1v) is 9.66. The molecule has 0 fully saturated rings. The van der Waals surface area contributed by atoms with Crippen molar-refractivity contribution in [1.29, 1.82) is 0 Å². The molecule has 0 saturated carbocycles. The third-order valence-electron chi connectivity index (χ3n) is 3.31. The van der Waals surface area contributed by atoms with Crippen LogP contribution in [0, 0.1) is 0 Å². The lowest BCUT2D eigenvalue weighted by Crippen LogP contribution is -2.20. The molecule has 0 bridgehead atoms. The number of pyridine rings is 1. The summed E-state index contributed by atoms with van der Waals surface area (Å²) in [6, 6.07) is 5.34. The summed E-state index contributed by atoms with van der Waals surface area (Å²) >= 11 is 5.87. The summed E-state index contributed by atoms with van der Waals surface area (Å²) in [5, 5.41) is -0.125. The number of ether oxygens (including phenoxy) is 1. The Morgan fingerprint density at radius 2 is 1.88 bits per heavy atom. The van der Waals surface area contributed by atoms with Gasteiger partial charge in [0.25, 0.3) is 5.56 Å². The molecule has 2 aromatic rings. The number of alkyl halides is 3. The molecule has 10 heteroatoms. The largest absolute Gasteiger partial charge is 0.483 e. The van der Waals surface area contributed by atoms with Crippen molar-refractivity contribution in [3.05, 3.63) is 51.4 Å². The van der Waals surface area contributed by atoms with E-state index in [4.69, 9.17) is 16.3 Å². The summed E-state index contributed by atoms with van der Waals surface area (Å²) in [6.07, 6.45) is -2.11. The molecular formula is C16H15ClF3NO4S. The standard InChI is InChI=1S/C16H15ClF3NO4S/c1-21-7-11(6-13(17)15(21)22)12-5-10(8-26(2,23)24)3-4-14(12)25-9-16(18,19)20/h3-7H,8-9H2,1-2H3. The van der Waals surface area contributed by atoms with E-state index in [1.165, 1.54) is 42.1 Å². The van der Waals surface area contributed by atoms with Gasteiger partial charge in [0.1, 0.15) is 10.8 Å². The molecule has 0 saturated heterocycles. The maximum atomic E-state index is 12.5. The van der Waals surface area contributed by atoms with Crippen LogP contribution >= 0.6 is 11.6 Å². The molecule has 2 rings (SSSR count). The summed E-state index contributed by atoms with van der Waals surface area (Å²) < 4.78 is 66.5. The Bertz CT molecular complexity index is 958. The minimum atomic E-state index is -4.54. The van der Waals surface area contributed by atoms with Crippen LogP contribution in [0.4, 0.5) is 13.2 Å². The molecule has 0 aliphatic rings. The van der Waals surface area contributed by atoms with E-state index in [-0.39, 0.29) is 22.1 Å². The molecule has 0 aliphatic heterocycles. The number of nitrogens with zero attached hydrogens (tertiary/aromatic N) is 1. The van der Waals surface area contributed by atoms with E-state index < -0.39 is 28.2 Å². The highest BCUT2D eigenvalue weighted by molar-refractivity contribution is 7.89. The van der Waals surface area contributed by atoms with E-state index in [9.17, 15) is 26.4 Å². The van der Waals surface area contributed by atoms with Crippen molar-refractivity contribution >= 4 is 21.4 Å². The van der Waals surface area contributed by atoms with Gasteiger partial charge in [-0.2, -0.15) is 13.2 Å². The molecule has 0 spiro atoms. The first-order chi connectivity index (χ1) is 11.9. The second-order valence-corrected chi connectivity index (χ2v) is 8.34. The molecule has 0 aliphatic carbocycles. The van der Waals surface area contributed by atoms with E-state index >= 15 is 0 Å². The first kappa shape index (κ1) is 20.3. The van der Waals surface area contributed by atoms with Gasteiger partial charge in [0.2, 0.25) is 0 Å². The SMILES string of the molecule is Cn1cc(-c2cc(CS(C)(=O)=O)ccc2OCC(F)(F)F)cc(Cl)c1=O. The van der Waals surface area contributed by atoms with E-state index in [0.717, 1.165) is 6.26 Å². The lowest BCUT2D eigenvalue weighted by atomic mass is 10.0. The van der Waals surface area contributed by atoms with Crippen molar-refractivity contribution in [3.63, 3.8) is 0 Å². The van der Waals surface area contributed by atoms with Gasteiger partial charge in [0.05, 0.1) is 5.75 Å². The maximum absolute atomic E-state index is 12.5. The van der Waals surface area contributed by atoms with Crippen molar-refractivity contribution in [2.24, 2.45) is 7.05 Å². The normalized spacial score (nSPS) is 12.2. The van der Waals surface area contributed by atoms with Crippen LogP contribution in [-0.4, -0.2) is 32.0 Å². The lowest BCUT2D eigenvalue weighted by molar-refractivity contribution is -0.153. The average Bonchev–Trinajstić information content (AvgIpc) is 2.48. The number of aromatic nitrogens is 1. The smallest absolute Gasteiger partial charge is 0.422 e. The van der Waals surface area contributed by atoms with Crippen molar-refractivity contribution < 1.29 is 26.3 Å². The van der Waals surface area contributed by atoms with Gasteiger partial charge in [-0.05, 0) is 23.8 Å². The zero-order chi connectivity index (χ0) is 19.7. The van der Waals surface area contributed by atoms with Gasteiger partial charge in [-0.15, -0.1) is 0 Å². The van der Waals surface area contributed by atoms with Gasteiger partial charge in [-0.3, -0.25) is 4.79 Å². The highest BCUT2D eigenvalue weighted by Crippen LogP contribution is 2.33. The number of benzene rings is 1. The van der Waals surface area contributed by atoms with E-state index in [0.29, 0.717) is 11.1 Å². The van der Waals surface area contributed by atoms with E-state index in [1.807, 2.05) is 0 Å². The maximum Gasteiger partial charge on any atom is 0.422 e. The Labute approximate surface area is 152 Å². The molecule has 0 N–H and O–H groups in total. The van der Waals surface area contributed by atoms with E-state index in [1.54, 1.807) is 0 Å². The van der Waals surface area contributed by atoms with Crippen LogP contribution in [0.3, 0.4) is 0 Å². The quantitative estimate of drug-likeness (QED) is 0.760. The number of halogens is 4. The summed E-state index contributed by atoms with van der Waals surface area (Å²) in [7, 11) is -1.91. The number of hydrogen-bond donors (Lipinski definition) is 0. The second kappa shape index (κ2) is 7.32. The number of rotatable bonds is 5. The Kier molecular flexibility index (Phi) is 5.72. The van der Waals surface area contributed by atoms with Crippen molar-refractivity contribution in [3.8, 4) is 16.9 Å². The summed E-state index contributed by atoms with van der Waals surface area (Å²) in [5.41, 5.74) is 0.421. The zero-order valence-electron chi connectivity index (χ0n) is 13.8. The molecule has 26 heavy (non-hydrogen) atoms. The Morgan fingerprint density at radius 1 is 1.23 bits per heavy atom. The number of sulfone groups is 1. The molecule has 0 amide bonds. The van der Waals surface area contributed by atoms with Gasteiger partial charge in [0.15, 0.2) is 16.4 Å². The van der Waals surface area contributed by atoms with Crippen LogP contribution in [0.1, 0.15) is 5.56 Å².